The number of fused-ring (bicyclic) bond motifs is 1. The molecule has 1 aliphatic rings. The average molecular weight is 421 g/mol. The SMILES string of the molecule is CCNC(=NCc1cc2c(cc1OC(F)F)OCO2)NCC(OC)c1ccccc1. The summed E-state index contributed by atoms with van der Waals surface area (Å²) in [5, 5.41) is 6.36. The number of hydrogen-bond acceptors (Lipinski definition) is 5. The first kappa shape index (κ1) is 21.6. The average Bonchev–Trinajstić information content (AvgIpc) is 3.19. The number of aliphatic imine (C=N–C) groups is 1. The quantitative estimate of drug-likeness (QED) is 0.477. The van der Waals surface area contributed by atoms with E-state index in [1.54, 1.807) is 13.2 Å². The van der Waals surface area contributed by atoms with Crippen LogP contribution in [-0.2, 0) is 11.3 Å². The zero-order valence-electron chi connectivity index (χ0n) is 16.9. The lowest BCUT2D eigenvalue weighted by atomic mass is 10.1. The van der Waals surface area contributed by atoms with E-state index in [4.69, 9.17) is 14.2 Å². The highest BCUT2D eigenvalue weighted by Crippen LogP contribution is 2.39. The van der Waals surface area contributed by atoms with Crippen LogP contribution in [0.5, 0.6) is 17.2 Å². The van der Waals surface area contributed by atoms with Gasteiger partial charge in [0.1, 0.15) is 5.75 Å². The van der Waals surface area contributed by atoms with Crippen molar-refractivity contribution in [3.05, 3.63) is 53.6 Å². The van der Waals surface area contributed by atoms with Crippen LogP contribution in [0.3, 0.4) is 0 Å². The molecular weight excluding hydrogens is 396 g/mol. The third-order valence-electron chi connectivity index (χ3n) is 4.43. The largest absolute Gasteiger partial charge is 0.454 e. The van der Waals surface area contributed by atoms with Crippen molar-refractivity contribution in [3.8, 4) is 17.2 Å². The second-order valence-electron chi connectivity index (χ2n) is 6.40. The van der Waals surface area contributed by atoms with Crippen LogP contribution in [-0.4, -0.2) is 39.6 Å². The van der Waals surface area contributed by atoms with Gasteiger partial charge in [-0.15, -0.1) is 0 Å². The van der Waals surface area contributed by atoms with Crippen molar-refractivity contribution >= 4 is 5.96 Å². The molecule has 1 atom stereocenters. The number of nitrogens with one attached hydrogen (secondary N) is 2. The summed E-state index contributed by atoms with van der Waals surface area (Å²) in [6, 6.07) is 12.8. The molecule has 162 valence electrons. The van der Waals surface area contributed by atoms with E-state index < -0.39 is 6.61 Å². The van der Waals surface area contributed by atoms with Crippen LogP contribution in [0.1, 0.15) is 24.2 Å². The minimum absolute atomic E-state index is 0.00732. The predicted octanol–water partition coefficient (Wildman–Crippen LogP) is 3.46. The molecule has 7 nitrogen and oxygen atoms in total. The van der Waals surface area contributed by atoms with E-state index in [9.17, 15) is 8.78 Å². The Morgan fingerprint density at radius 2 is 1.87 bits per heavy atom. The van der Waals surface area contributed by atoms with Gasteiger partial charge in [0.2, 0.25) is 6.79 Å². The number of guanidine groups is 1. The van der Waals surface area contributed by atoms with E-state index in [1.807, 2.05) is 37.3 Å². The zero-order valence-corrected chi connectivity index (χ0v) is 16.9. The van der Waals surface area contributed by atoms with Gasteiger partial charge in [0.25, 0.3) is 0 Å². The third kappa shape index (κ3) is 5.73. The van der Waals surface area contributed by atoms with Gasteiger partial charge in [0.15, 0.2) is 17.5 Å². The van der Waals surface area contributed by atoms with Gasteiger partial charge >= 0.3 is 6.61 Å². The van der Waals surface area contributed by atoms with Gasteiger partial charge < -0.3 is 29.6 Å². The summed E-state index contributed by atoms with van der Waals surface area (Å²) in [5.41, 5.74) is 1.50. The topological polar surface area (TPSA) is 73.3 Å². The van der Waals surface area contributed by atoms with Gasteiger partial charge in [-0.2, -0.15) is 8.78 Å². The molecule has 0 aliphatic carbocycles. The summed E-state index contributed by atoms with van der Waals surface area (Å²) >= 11 is 0. The number of methoxy groups -OCH3 is 1. The normalized spacial score (nSPS) is 14.0. The lowest BCUT2D eigenvalue weighted by Gasteiger charge is -2.19. The molecule has 1 heterocycles. The standard InChI is InChI=1S/C21H25F2N3O4/c1-3-24-21(26-12-19(27-2)14-7-5-4-6-8-14)25-11-15-9-17-18(29-13-28-17)10-16(15)30-20(22)23/h4-10,19-20H,3,11-13H2,1-2H3,(H2,24,25,26). The van der Waals surface area contributed by atoms with Gasteiger partial charge in [0, 0.05) is 31.8 Å². The molecule has 2 aromatic carbocycles. The van der Waals surface area contributed by atoms with Crippen molar-refractivity contribution in [3.63, 3.8) is 0 Å². The molecule has 0 spiro atoms. The fourth-order valence-corrected chi connectivity index (χ4v) is 2.99. The third-order valence-corrected chi connectivity index (χ3v) is 4.43. The Morgan fingerprint density at radius 3 is 2.53 bits per heavy atom. The van der Waals surface area contributed by atoms with Crippen LogP contribution in [0.25, 0.3) is 0 Å². The highest BCUT2D eigenvalue weighted by molar-refractivity contribution is 5.79. The molecule has 1 unspecified atom stereocenters. The summed E-state index contributed by atoms with van der Waals surface area (Å²) in [7, 11) is 1.64. The van der Waals surface area contributed by atoms with E-state index in [0.29, 0.717) is 36.1 Å². The highest BCUT2D eigenvalue weighted by atomic mass is 19.3. The maximum atomic E-state index is 12.8. The fourth-order valence-electron chi connectivity index (χ4n) is 2.99. The predicted molar refractivity (Wildman–Crippen MR) is 108 cm³/mol. The molecule has 2 N–H and O–H groups in total. The fraction of sp³-hybridized carbons (Fsp3) is 0.381. The number of ether oxygens (including phenoxy) is 4. The summed E-state index contributed by atoms with van der Waals surface area (Å²) in [5.74, 6) is 1.38. The van der Waals surface area contributed by atoms with Crippen molar-refractivity contribution in [2.24, 2.45) is 4.99 Å². The lowest BCUT2D eigenvalue weighted by molar-refractivity contribution is -0.0505. The minimum Gasteiger partial charge on any atom is -0.454 e. The molecule has 0 amide bonds. The van der Waals surface area contributed by atoms with E-state index in [1.165, 1.54) is 6.07 Å². The Kier molecular flexibility index (Phi) is 7.67. The van der Waals surface area contributed by atoms with Gasteiger partial charge in [0.05, 0.1) is 12.6 Å². The van der Waals surface area contributed by atoms with E-state index in [0.717, 1.165) is 5.56 Å². The first-order valence-electron chi connectivity index (χ1n) is 9.58. The molecule has 9 heteroatoms. The molecule has 0 fully saturated rings. The van der Waals surface area contributed by atoms with Crippen LogP contribution in [0, 0.1) is 0 Å². The first-order chi connectivity index (χ1) is 14.6. The summed E-state index contributed by atoms with van der Waals surface area (Å²) in [6.07, 6.45) is -0.168. The van der Waals surface area contributed by atoms with Crippen LogP contribution in [0.4, 0.5) is 8.78 Å². The van der Waals surface area contributed by atoms with E-state index >= 15 is 0 Å². The Balaban J connectivity index is 1.72. The minimum atomic E-state index is -2.95. The molecule has 0 aromatic heterocycles. The molecule has 2 aromatic rings. The molecule has 1 aliphatic heterocycles. The maximum absolute atomic E-state index is 12.8. The van der Waals surface area contributed by atoms with Crippen LogP contribution in [0.2, 0.25) is 0 Å². The number of nitrogens with zero attached hydrogens (tertiary/aromatic N) is 1. The summed E-state index contributed by atoms with van der Waals surface area (Å²) in [6.45, 7) is 0.251. The van der Waals surface area contributed by atoms with Crippen molar-refractivity contribution in [1.82, 2.24) is 10.6 Å². The molecular formula is C21H25F2N3O4. The molecule has 0 saturated heterocycles. The number of rotatable bonds is 9. The van der Waals surface area contributed by atoms with Gasteiger partial charge in [-0.05, 0) is 18.6 Å². The summed E-state index contributed by atoms with van der Waals surface area (Å²) < 4.78 is 46.4. The van der Waals surface area contributed by atoms with Crippen LogP contribution >= 0.6 is 0 Å². The Hall–Kier alpha value is -3.07. The Morgan fingerprint density at radius 1 is 1.13 bits per heavy atom. The Labute approximate surface area is 174 Å². The van der Waals surface area contributed by atoms with E-state index in [2.05, 4.69) is 20.4 Å². The molecule has 30 heavy (non-hydrogen) atoms. The summed E-state index contributed by atoms with van der Waals surface area (Å²) in [4.78, 5) is 4.49. The van der Waals surface area contributed by atoms with Crippen molar-refractivity contribution in [1.29, 1.82) is 0 Å². The van der Waals surface area contributed by atoms with Gasteiger partial charge in [-0.25, -0.2) is 4.99 Å². The smallest absolute Gasteiger partial charge is 0.387 e. The first-order valence-corrected chi connectivity index (χ1v) is 9.58. The van der Waals surface area contributed by atoms with E-state index in [-0.39, 0.29) is 25.2 Å². The molecule has 0 bridgehead atoms. The molecule has 0 radical (unpaired) electrons. The second kappa shape index (κ2) is 10.6. The van der Waals surface area contributed by atoms with Gasteiger partial charge in [-0.3, -0.25) is 0 Å². The molecule has 0 saturated carbocycles. The zero-order chi connectivity index (χ0) is 21.3. The van der Waals surface area contributed by atoms with Gasteiger partial charge in [-0.1, -0.05) is 30.3 Å². The van der Waals surface area contributed by atoms with Crippen LogP contribution < -0.4 is 24.8 Å². The van der Waals surface area contributed by atoms with Crippen molar-refractivity contribution in [2.45, 2.75) is 26.2 Å². The Bertz CT molecular complexity index is 850. The maximum Gasteiger partial charge on any atom is 0.387 e. The number of hydrogen-bond donors (Lipinski definition) is 2. The number of benzene rings is 2. The second-order valence-corrected chi connectivity index (χ2v) is 6.40. The molecule has 3 rings (SSSR count). The number of halogens is 2. The highest BCUT2D eigenvalue weighted by Gasteiger charge is 2.20. The lowest BCUT2D eigenvalue weighted by Crippen LogP contribution is -2.39. The monoisotopic (exact) mass is 421 g/mol. The van der Waals surface area contributed by atoms with Crippen molar-refractivity contribution in [2.75, 3.05) is 27.0 Å². The van der Waals surface area contributed by atoms with Crippen molar-refractivity contribution < 1.29 is 27.7 Å². The van der Waals surface area contributed by atoms with Crippen LogP contribution in [0.15, 0.2) is 47.5 Å². The number of alkyl halides is 2.